The Hall–Kier alpha value is -1.37. The van der Waals surface area contributed by atoms with Crippen LogP contribution in [0, 0.1) is 0 Å². The van der Waals surface area contributed by atoms with Crippen molar-refractivity contribution in [2.75, 3.05) is 19.0 Å². The van der Waals surface area contributed by atoms with Crippen molar-refractivity contribution in [3.8, 4) is 5.75 Å². The van der Waals surface area contributed by atoms with Gasteiger partial charge in [-0.05, 0) is 31.5 Å². The second-order valence-electron chi connectivity index (χ2n) is 4.00. The van der Waals surface area contributed by atoms with E-state index in [2.05, 4.69) is 6.58 Å². The Kier molecular flexibility index (Phi) is 6.70. The lowest BCUT2D eigenvalue weighted by atomic mass is 10.2. The fourth-order valence-electron chi connectivity index (χ4n) is 1.37. The quantitative estimate of drug-likeness (QED) is 0.398. The lowest BCUT2D eigenvalue weighted by Gasteiger charge is -2.15. The molecular weight excluding hydrogens is 280 g/mol. The molecule has 0 N–H and O–H groups in total. The molecule has 0 aliphatic heterocycles. The lowest BCUT2D eigenvalue weighted by Crippen LogP contribution is -2.20. The minimum Gasteiger partial charge on any atom is -0.465 e. The smallest absolute Gasteiger partial charge is 0.267 e. The van der Waals surface area contributed by atoms with Crippen molar-refractivity contribution in [2.24, 2.45) is 0 Å². The highest BCUT2D eigenvalue weighted by molar-refractivity contribution is 7.86. The average molecular weight is 300 g/mol. The summed E-state index contributed by atoms with van der Waals surface area (Å²) in [5, 5.41) is 0. The molecule has 0 spiro atoms. The van der Waals surface area contributed by atoms with Crippen molar-refractivity contribution in [3.05, 3.63) is 36.4 Å². The first-order valence-electron chi connectivity index (χ1n) is 6.34. The first-order valence-corrected chi connectivity index (χ1v) is 7.92. The van der Waals surface area contributed by atoms with Crippen molar-refractivity contribution in [1.29, 1.82) is 0 Å². The van der Waals surface area contributed by atoms with Crippen LogP contribution in [0.4, 0.5) is 0 Å². The normalized spacial score (nSPS) is 12.9. The molecular formula is C14H20O5S. The first kappa shape index (κ1) is 16.7. The summed E-state index contributed by atoms with van der Waals surface area (Å²) in [4.78, 5) is 0. The zero-order chi connectivity index (χ0) is 15.0. The van der Waals surface area contributed by atoms with Gasteiger partial charge in [0.2, 0.25) is 0 Å². The Morgan fingerprint density at radius 2 is 1.90 bits per heavy atom. The fourth-order valence-corrected chi connectivity index (χ4v) is 1.86. The van der Waals surface area contributed by atoms with Crippen LogP contribution in [0.3, 0.4) is 0 Å². The summed E-state index contributed by atoms with van der Waals surface area (Å²) in [5.74, 6) is 0.625. The van der Waals surface area contributed by atoms with Gasteiger partial charge in [-0.15, -0.1) is 0 Å². The van der Waals surface area contributed by atoms with Gasteiger partial charge in [-0.2, -0.15) is 8.42 Å². The highest BCUT2D eigenvalue weighted by Crippen LogP contribution is 2.14. The van der Waals surface area contributed by atoms with Crippen molar-refractivity contribution < 1.29 is 22.1 Å². The topological polar surface area (TPSA) is 61.8 Å². The van der Waals surface area contributed by atoms with Gasteiger partial charge in [0.25, 0.3) is 10.1 Å². The Bertz CT molecular complexity index is 507. The van der Waals surface area contributed by atoms with E-state index in [1.54, 1.807) is 13.0 Å². The highest BCUT2D eigenvalue weighted by atomic mass is 32.2. The van der Waals surface area contributed by atoms with Gasteiger partial charge in [-0.1, -0.05) is 24.8 Å². The predicted molar refractivity (Wildman–Crippen MR) is 78.0 cm³/mol. The van der Waals surface area contributed by atoms with E-state index in [0.29, 0.717) is 5.75 Å². The van der Waals surface area contributed by atoms with Crippen LogP contribution in [0.25, 0.3) is 6.08 Å². The largest absolute Gasteiger partial charge is 0.465 e. The zero-order valence-electron chi connectivity index (χ0n) is 11.7. The molecule has 0 saturated carbocycles. The maximum absolute atomic E-state index is 11.1. The molecule has 0 aliphatic carbocycles. The minimum absolute atomic E-state index is 0.0146. The van der Waals surface area contributed by atoms with Gasteiger partial charge < -0.3 is 9.47 Å². The van der Waals surface area contributed by atoms with E-state index in [0.717, 1.165) is 5.56 Å². The summed E-state index contributed by atoms with van der Waals surface area (Å²) in [5.41, 5.74) is 1.00. The molecule has 0 amide bonds. The molecule has 0 saturated heterocycles. The Morgan fingerprint density at radius 3 is 2.45 bits per heavy atom. The van der Waals surface area contributed by atoms with Crippen molar-refractivity contribution in [3.63, 3.8) is 0 Å². The molecule has 5 nitrogen and oxygen atoms in total. The third-order valence-corrected chi connectivity index (χ3v) is 3.70. The summed E-state index contributed by atoms with van der Waals surface area (Å²) < 4.78 is 37.7. The highest BCUT2D eigenvalue weighted by Gasteiger charge is 2.08. The molecule has 112 valence electrons. The summed E-state index contributed by atoms with van der Waals surface area (Å²) in [6.45, 7) is 7.05. The summed E-state index contributed by atoms with van der Waals surface area (Å²) in [7, 11) is -3.41. The van der Waals surface area contributed by atoms with E-state index in [-0.39, 0.29) is 19.0 Å². The average Bonchev–Trinajstić information content (AvgIpc) is 2.44. The maximum Gasteiger partial charge on any atom is 0.267 e. The standard InChI is InChI=1S/C14H20O5S/c1-4-13-6-8-14(9-7-13)19-12(3)17-10-11-18-20(15,16)5-2/h4,6-9,12H,1,5,10-11H2,2-3H3. The van der Waals surface area contributed by atoms with Crippen molar-refractivity contribution >= 4 is 16.2 Å². The number of hydrogen-bond acceptors (Lipinski definition) is 5. The van der Waals surface area contributed by atoms with E-state index < -0.39 is 16.4 Å². The maximum atomic E-state index is 11.1. The molecule has 0 radical (unpaired) electrons. The zero-order valence-corrected chi connectivity index (χ0v) is 12.6. The predicted octanol–water partition coefficient (Wildman–Crippen LogP) is 2.44. The molecule has 0 fully saturated rings. The van der Waals surface area contributed by atoms with Crippen LogP contribution in [0.2, 0.25) is 0 Å². The Balaban J connectivity index is 2.29. The number of benzene rings is 1. The van der Waals surface area contributed by atoms with Crippen LogP contribution in [0.5, 0.6) is 5.75 Å². The molecule has 1 rings (SSSR count). The van der Waals surface area contributed by atoms with Crippen LogP contribution >= 0.6 is 0 Å². The van der Waals surface area contributed by atoms with E-state index in [9.17, 15) is 8.42 Å². The molecule has 0 bridgehead atoms. The van der Waals surface area contributed by atoms with Gasteiger partial charge in [0.05, 0.1) is 19.0 Å². The van der Waals surface area contributed by atoms with Gasteiger partial charge in [-0.3, -0.25) is 4.18 Å². The molecule has 1 atom stereocenters. The van der Waals surface area contributed by atoms with Gasteiger partial charge in [0.1, 0.15) is 5.75 Å². The van der Waals surface area contributed by atoms with Crippen molar-refractivity contribution in [1.82, 2.24) is 0 Å². The fraction of sp³-hybridized carbons (Fsp3) is 0.429. The summed E-state index contributed by atoms with van der Waals surface area (Å²) in [6.07, 6.45) is 1.26. The van der Waals surface area contributed by atoms with Crippen molar-refractivity contribution in [2.45, 2.75) is 20.1 Å². The summed E-state index contributed by atoms with van der Waals surface area (Å²) >= 11 is 0. The van der Waals surface area contributed by atoms with E-state index in [1.807, 2.05) is 24.3 Å². The monoisotopic (exact) mass is 300 g/mol. The summed E-state index contributed by atoms with van der Waals surface area (Å²) in [6, 6.07) is 7.39. The van der Waals surface area contributed by atoms with Crippen LogP contribution in [-0.2, 0) is 19.0 Å². The van der Waals surface area contributed by atoms with Gasteiger partial charge in [0.15, 0.2) is 6.29 Å². The van der Waals surface area contributed by atoms with Crippen LogP contribution in [-0.4, -0.2) is 33.7 Å². The number of hydrogen-bond donors (Lipinski definition) is 0. The van der Waals surface area contributed by atoms with E-state index in [4.69, 9.17) is 13.7 Å². The van der Waals surface area contributed by atoms with Crippen LogP contribution in [0.15, 0.2) is 30.8 Å². The molecule has 0 heterocycles. The Morgan fingerprint density at radius 1 is 1.25 bits per heavy atom. The third-order valence-electron chi connectivity index (χ3n) is 2.47. The number of ether oxygens (including phenoxy) is 2. The second-order valence-corrected chi connectivity index (χ2v) is 5.93. The van der Waals surface area contributed by atoms with E-state index in [1.165, 1.54) is 6.92 Å². The molecule has 1 aromatic carbocycles. The third kappa shape index (κ3) is 6.18. The molecule has 0 aromatic heterocycles. The van der Waals surface area contributed by atoms with Gasteiger partial charge in [0, 0.05) is 0 Å². The number of rotatable bonds is 9. The van der Waals surface area contributed by atoms with Gasteiger partial charge >= 0.3 is 0 Å². The van der Waals surface area contributed by atoms with Crippen LogP contribution in [0.1, 0.15) is 19.4 Å². The first-order chi connectivity index (χ1) is 9.46. The second kappa shape index (κ2) is 8.04. The lowest BCUT2D eigenvalue weighted by molar-refractivity contribution is -0.0735. The molecule has 1 aromatic rings. The molecule has 0 aliphatic rings. The minimum atomic E-state index is -3.41. The molecule has 1 unspecified atom stereocenters. The van der Waals surface area contributed by atoms with Gasteiger partial charge in [-0.25, -0.2) is 0 Å². The van der Waals surface area contributed by atoms with E-state index >= 15 is 0 Å². The van der Waals surface area contributed by atoms with Crippen LogP contribution < -0.4 is 4.74 Å². The SMILES string of the molecule is C=Cc1ccc(OC(C)OCCOS(=O)(=O)CC)cc1. The molecule has 6 heteroatoms. The Labute approximate surface area is 120 Å². The molecule has 20 heavy (non-hydrogen) atoms.